The maximum Gasteiger partial charge on any atom is 0.433 e. The first-order chi connectivity index (χ1) is 17.5. The highest BCUT2D eigenvalue weighted by molar-refractivity contribution is 6.30. The van der Waals surface area contributed by atoms with Gasteiger partial charge in [-0.15, -0.1) is 5.10 Å². The molecule has 0 amide bonds. The maximum atomic E-state index is 14.3. The molecule has 3 heterocycles. The van der Waals surface area contributed by atoms with E-state index < -0.39 is 34.9 Å². The molecule has 12 heteroatoms. The fourth-order valence-electron chi connectivity index (χ4n) is 3.90. The predicted octanol–water partition coefficient (Wildman–Crippen LogP) is 5.93. The van der Waals surface area contributed by atoms with E-state index in [9.17, 15) is 31.9 Å². The monoisotopic (exact) mass is 532 g/mol. The van der Waals surface area contributed by atoms with Crippen LogP contribution in [0.3, 0.4) is 0 Å². The lowest BCUT2D eigenvalue weighted by atomic mass is 9.95. The molecular formula is C25H14ClF5N4O2. The van der Waals surface area contributed by atoms with Gasteiger partial charge >= 0.3 is 11.9 Å². The van der Waals surface area contributed by atoms with Gasteiger partial charge < -0.3 is 5.11 Å². The number of aromatic hydroxyl groups is 1. The zero-order chi connectivity index (χ0) is 26.5. The lowest BCUT2D eigenvalue weighted by molar-refractivity contribution is -0.141. The molecule has 0 aliphatic heterocycles. The van der Waals surface area contributed by atoms with Crippen molar-refractivity contribution in [3.63, 3.8) is 0 Å². The number of pyridine rings is 2. The second-order valence-electron chi connectivity index (χ2n) is 8.08. The average Bonchev–Trinajstić information content (AvgIpc) is 3.17. The Balaban J connectivity index is 1.70. The summed E-state index contributed by atoms with van der Waals surface area (Å²) < 4.78 is 69.3. The molecule has 188 valence electrons. The molecule has 0 fully saturated rings. The maximum absolute atomic E-state index is 14.3. The van der Waals surface area contributed by atoms with Gasteiger partial charge in [-0.3, -0.25) is 4.98 Å². The average molecular weight is 533 g/mol. The van der Waals surface area contributed by atoms with Crippen molar-refractivity contribution in [3.05, 3.63) is 105 Å². The first kappa shape index (κ1) is 24.4. The van der Waals surface area contributed by atoms with Gasteiger partial charge in [0.05, 0.1) is 6.54 Å². The summed E-state index contributed by atoms with van der Waals surface area (Å²) in [7, 11) is 0. The Kier molecular flexibility index (Phi) is 5.95. The first-order valence-corrected chi connectivity index (χ1v) is 11.0. The molecule has 0 aliphatic carbocycles. The van der Waals surface area contributed by atoms with E-state index in [1.807, 2.05) is 0 Å². The van der Waals surface area contributed by atoms with Crippen LogP contribution in [0.2, 0.25) is 5.02 Å². The van der Waals surface area contributed by atoms with E-state index in [-0.39, 0.29) is 28.9 Å². The number of fused-ring (bicyclic) bond motifs is 1. The summed E-state index contributed by atoms with van der Waals surface area (Å²) in [4.78, 5) is 16.5. The normalized spacial score (nSPS) is 11.8. The van der Waals surface area contributed by atoms with Crippen LogP contribution in [-0.4, -0.2) is 24.3 Å². The zero-order valence-electron chi connectivity index (χ0n) is 18.5. The number of phenolic OH excluding ortho intramolecular Hbond substituents is 1. The standard InChI is InChI=1S/C25H14ClF5N4O2/c26-16-4-2-14(3-5-16)17-7-8-34-23(21(17)15-9-18(27)22(36)19(28)10-15)33-35(24(34)37)12-13-1-6-20(32-11-13)25(29,30)31/h1-11,36H,12H2. The van der Waals surface area contributed by atoms with Crippen LogP contribution in [-0.2, 0) is 12.7 Å². The van der Waals surface area contributed by atoms with E-state index >= 15 is 0 Å². The molecule has 3 aromatic heterocycles. The number of nitrogens with zero attached hydrogens (tertiary/aromatic N) is 4. The Morgan fingerprint density at radius 2 is 1.62 bits per heavy atom. The van der Waals surface area contributed by atoms with Crippen molar-refractivity contribution < 1.29 is 27.1 Å². The topological polar surface area (TPSA) is 72.4 Å². The molecule has 5 aromatic rings. The van der Waals surface area contributed by atoms with Crippen molar-refractivity contribution in [2.45, 2.75) is 12.7 Å². The number of alkyl halides is 3. The summed E-state index contributed by atoms with van der Waals surface area (Å²) in [5.41, 5.74) is -0.169. The van der Waals surface area contributed by atoms with Crippen molar-refractivity contribution in [1.82, 2.24) is 19.2 Å². The van der Waals surface area contributed by atoms with Crippen molar-refractivity contribution >= 4 is 17.2 Å². The highest BCUT2D eigenvalue weighted by Crippen LogP contribution is 2.37. The van der Waals surface area contributed by atoms with Gasteiger partial charge in [0.25, 0.3) is 0 Å². The van der Waals surface area contributed by atoms with Crippen LogP contribution in [0.25, 0.3) is 27.9 Å². The van der Waals surface area contributed by atoms with E-state index in [2.05, 4.69) is 10.1 Å². The van der Waals surface area contributed by atoms with E-state index in [0.29, 0.717) is 16.1 Å². The fourth-order valence-corrected chi connectivity index (χ4v) is 4.03. The van der Waals surface area contributed by atoms with Gasteiger partial charge in [0, 0.05) is 23.0 Å². The summed E-state index contributed by atoms with van der Waals surface area (Å²) in [6.45, 7) is -0.209. The highest BCUT2D eigenvalue weighted by Gasteiger charge is 2.32. The van der Waals surface area contributed by atoms with E-state index in [1.165, 1.54) is 12.3 Å². The second kappa shape index (κ2) is 9.00. The fraction of sp³-hybridized carbons (Fsp3) is 0.0800. The van der Waals surface area contributed by atoms with Gasteiger partial charge in [0.1, 0.15) is 5.69 Å². The Morgan fingerprint density at radius 1 is 0.946 bits per heavy atom. The van der Waals surface area contributed by atoms with E-state index in [0.717, 1.165) is 33.5 Å². The molecule has 1 N–H and O–H groups in total. The van der Waals surface area contributed by atoms with Gasteiger partial charge in [-0.05, 0) is 58.7 Å². The minimum atomic E-state index is -4.61. The van der Waals surface area contributed by atoms with Crippen molar-refractivity contribution in [2.75, 3.05) is 0 Å². The molecule has 0 bridgehead atoms. The van der Waals surface area contributed by atoms with E-state index in [4.69, 9.17) is 11.6 Å². The molecule has 5 rings (SSSR count). The summed E-state index contributed by atoms with van der Waals surface area (Å²) in [5.74, 6) is -3.57. The van der Waals surface area contributed by atoms with Crippen LogP contribution >= 0.6 is 11.6 Å². The number of rotatable bonds is 4. The summed E-state index contributed by atoms with van der Waals surface area (Å²) in [6.07, 6.45) is -2.20. The zero-order valence-corrected chi connectivity index (χ0v) is 19.2. The third-order valence-corrected chi connectivity index (χ3v) is 5.91. The Hall–Kier alpha value is -4.25. The van der Waals surface area contributed by atoms with Gasteiger partial charge in [-0.25, -0.2) is 22.7 Å². The number of benzene rings is 2. The largest absolute Gasteiger partial charge is 0.503 e. The number of hydrogen-bond acceptors (Lipinski definition) is 4. The van der Waals surface area contributed by atoms with Crippen LogP contribution in [0.15, 0.2) is 71.8 Å². The molecule has 0 atom stereocenters. The van der Waals surface area contributed by atoms with Crippen LogP contribution in [0.5, 0.6) is 5.75 Å². The molecule has 0 radical (unpaired) electrons. The molecule has 0 aliphatic rings. The van der Waals surface area contributed by atoms with Gasteiger partial charge in [0.2, 0.25) is 0 Å². The summed E-state index contributed by atoms with van der Waals surface area (Å²) >= 11 is 5.99. The molecule has 0 saturated heterocycles. The first-order valence-electron chi connectivity index (χ1n) is 10.6. The third-order valence-electron chi connectivity index (χ3n) is 5.66. The van der Waals surface area contributed by atoms with Gasteiger partial charge in [-0.1, -0.05) is 29.8 Å². The van der Waals surface area contributed by atoms with Crippen LogP contribution in [0.1, 0.15) is 11.3 Å². The Bertz CT molecular complexity index is 1670. The van der Waals surface area contributed by atoms with Crippen LogP contribution in [0.4, 0.5) is 22.0 Å². The van der Waals surface area contributed by atoms with Crippen molar-refractivity contribution in [3.8, 4) is 28.0 Å². The molecule has 6 nitrogen and oxygen atoms in total. The minimum absolute atomic E-state index is 0.00306. The van der Waals surface area contributed by atoms with E-state index in [1.54, 1.807) is 30.3 Å². The van der Waals surface area contributed by atoms with Gasteiger partial charge in [-0.2, -0.15) is 13.2 Å². The molecule has 0 spiro atoms. The quantitative estimate of drug-likeness (QED) is 0.291. The van der Waals surface area contributed by atoms with Crippen molar-refractivity contribution in [2.24, 2.45) is 0 Å². The second-order valence-corrected chi connectivity index (χ2v) is 8.52. The third kappa shape index (κ3) is 4.53. The lowest BCUT2D eigenvalue weighted by Crippen LogP contribution is -2.21. The number of aromatic nitrogens is 4. The Labute approximate surface area is 209 Å². The molecule has 0 saturated carbocycles. The van der Waals surface area contributed by atoms with Crippen molar-refractivity contribution in [1.29, 1.82) is 0 Å². The minimum Gasteiger partial charge on any atom is -0.503 e. The molecule has 2 aromatic carbocycles. The summed E-state index contributed by atoms with van der Waals surface area (Å²) in [5, 5.41) is 14.4. The number of hydrogen-bond donors (Lipinski definition) is 1. The molecule has 37 heavy (non-hydrogen) atoms. The van der Waals surface area contributed by atoms with Crippen LogP contribution in [0, 0.1) is 11.6 Å². The lowest BCUT2D eigenvalue weighted by Gasteiger charge is -2.12. The molecule has 0 unspecified atom stereocenters. The SMILES string of the molecule is O=c1n(Cc2ccc(C(F)(F)F)nc2)nc2c(-c3cc(F)c(O)c(F)c3)c(-c3ccc(Cl)cc3)ccn12. The van der Waals surface area contributed by atoms with Crippen LogP contribution < -0.4 is 5.69 Å². The summed E-state index contributed by atoms with van der Waals surface area (Å²) in [6, 6.07) is 11.9. The number of phenols is 1. The van der Waals surface area contributed by atoms with Gasteiger partial charge in [0.15, 0.2) is 23.0 Å². The highest BCUT2D eigenvalue weighted by atomic mass is 35.5. The number of halogens is 6. The predicted molar refractivity (Wildman–Crippen MR) is 125 cm³/mol. The Morgan fingerprint density at radius 3 is 2.22 bits per heavy atom. The molecular weight excluding hydrogens is 519 g/mol. The smallest absolute Gasteiger partial charge is 0.433 e.